The summed E-state index contributed by atoms with van der Waals surface area (Å²) >= 11 is 0. The quantitative estimate of drug-likeness (QED) is 0.456. The molecule has 4 saturated carbocycles. The number of rotatable bonds is 7. The van der Waals surface area contributed by atoms with E-state index in [-0.39, 0.29) is 23.1 Å². The minimum absolute atomic E-state index is 0.0373. The Morgan fingerprint density at radius 2 is 1.42 bits per heavy atom. The van der Waals surface area contributed by atoms with Crippen LogP contribution in [0.25, 0.3) is 0 Å². The molecular formula is C21H23F2O7S-. The summed E-state index contributed by atoms with van der Waals surface area (Å²) in [5.74, 6) is -0.0966. The average Bonchev–Trinajstić information content (AvgIpc) is 2.68. The van der Waals surface area contributed by atoms with Gasteiger partial charge in [0, 0.05) is 5.41 Å². The molecular weight excluding hydrogens is 434 g/mol. The van der Waals surface area contributed by atoms with Crippen LogP contribution in [0.3, 0.4) is 0 Å². The zero-order valence-electron chi connectivity index (χ0n) is 16.7. The van der Waals surface area contributed by atoms with E-state index in [9.17, 15) is 31.3 Å². The number of halogens is 2. The van der Waals surface area contributed by atoms with E-state index in [0.29, 0.717) is 17.8 Å². The Morgan fingerprint density at radius 3 is 1.87 bits per heavy atom. The number of esters is 2. The first-order valence-electron chi connectivity index (χ1n) is 10.2. The van der Waals surface area contributed by atoms with Gasteiger partial charge in [0.15, 0.2) is 16.7 Å². The van der Waals surface area contributed by atoms with E-state index >= 15 is 0 Å². The van der Waals surface area contributed by atoms with E-state index in [4.69, 9.17) is 4.74 Å². The highest BCUT2D eigenvalue weighted by Crippen LogP contribution is 2.60. The van der Waals surface area contributed by atoms with Gasteiger partial charge in [0.25, 0.3) is 0 Å². The van der Waals surface area contributed by atoms with Crippen LogP contribution < -0.4 is 0 Å². The summed E-state index contributed by atoms with van der Waals surface area (Å²) < 4.78 is 68.1. The number of ether oxygens (including phenoxy) is 2. The van der Waals surface area contributed by atoms with Crippen LogP contribution in [0.15, 0.2) is 24.3 Å². The van der Waals surface area contributed by atoms with Crippen molar-refractivity contribution in [1.82, 2.24) is 0 Å². The maximum absolute atomic E-state index is 13.3. The number of carbonyl (C=O) groups is 2. The lowest BCUT2D eigenvalue weighted by Crippen LogP contribution is -2.48. The summed E-state index contributed by atoms with van der Waals surface area (Å²) in [6.07, 6.45) is 6.79. The molecule has 0 amide bonds. The fourth-order valence-corrected chi connectivity index (χ4v) is 6.11. The molecule has 4 bridgehead atoms. The van der Waals surface area contributed by atoms with Crippen LogP contribution in [0.5, 0.6) is 0 Å². The molecule has 0 aromatic heterocycles. The van der Waals surface area contributed by atoms with Gasteiger partial charge in [-0.1, -0.05) is 12.1 Å². The monoisotopic (exact) mass is 457 g/mol. The molecule has 0 unspecified atom stereocenters. The van der Waals surface area contributed by atoms with Gasteiger partial charge >= 0.3 is 17.2 Å². The molecule has 4 aliphatic rings. The van der Waals surface area contributed by atoms with Crippen LogP contribution in [0.1, 0.15) is 59.2 Å². The lowest BCUT2D eigenvalue weighted by Gasteiger charge is -2.56. The van der Waals surface area contributed by atoms with E-state index in [1.165, 1.54) is 43.5 Å². The summed E-state index contributed by atoms with van der Waals surface area (Å²) in [4.78, 5) is 24.9. The van der Waals surface area contributed by atoms with Gasteiger partial charge in [-0.2, -0.15) is 8.78 Å². The third-order valence-corrected chi connectivity index (χ3v) is 7.63. The summed E-state index contributed by atoms with van der Waals surface area (Å²) in [6.45, 7) is -1.69. The van der Waals surface area contributed by atoms with Crippen molar-refractivity contribution >= 4 is 22.1 Å². The smallest absolute Gasteiger partial charge is 0.367 e. The van der Waals surface area contributed by atoms with Crippen molar-refractivity contribution in [3.05, 3.63) is 35.4 Å². The van der Waals surface area contributed by atoms with Crippen LogP contribution in [0.4, 0.5) is 8.78 Å². The Labute approximate surface area is 178 Å². The van der Waals surface area contributed by atoms with Crippen molar-refractivity contribution in [2.45, 2.75) is 43.8 Å². The van der Waals surface area contributed by atoms with Gasteiger partial charge < -0.3 is 14.0 Å². The van der Waals surface area contributed by atoms with Crippen LogP contribution in [-0.2, 0) is 19.6 Å². The molecule has 1 aromatic rings. The van der Waals surface area contributed by atoms with Gasteiger partial charge in [0.05, 0.1) is 17.7 Å². The third kappa shape index (κ3) is 4.45. The molecule has 0 radical (unpaired) electrons. The molecule has 10 heteroatoms. The normalized spacial score (nSPS) is 29.6. The van der Waals surface area contributed by atoms with Gasteiger partial charge in [-0.25, -0.2) is 18.0 Å². The minimum Gasteiger partial charge on any atom is -0.743 e. The molecule has 0 aliphatic heterocycles. The fraction of sp³-hybridized carbons (Fsp3) is 0.619. The van der Waals surface area contributed by atoms with Crippen LogP contribution in [0, 0.1) is 23.2 Å². The summed E-state index contributed by atoms with van der Waals surface area (Å²) in [5, 5.41) is -4.77. The first-order valence-corrected chi connectivity index (χ1v) is 11.7. The second-order valence-corrected chi connectivity index (χ2v) is 10.7. The lowest BCUT2D eigenvalue weighted by molar-refractivity contribution is -0.0848. The Hall–Kier alpha value is -2.07. The van der Waals surface area contributed by atoms with E-state index in [1.807, 2.05) is 0 Å². The van der Waals surface area contributed by atoms with Crippen LogP contribution >= 0.6 is 0 Å². The molecule has 0 saturated heterocycles. The first-order chi connectivity index (χ1) is 14.5. The van der Waals surface area contributed by atoms with Crippen molar-refractivity contribution in [2.75, 3.05) is 13.2 Å². The lowest BCUT2D eigenvalue weighted by atomic mass is 9.50. The van der Waals surface area contributed by atoms with Crippen molar-refractivity contribution in [3.63, 3.8) is 0 Å². The molecule has 4 fully saturated rings. The second-order valence-electron chi connectivity index (χ2n) is 9.21. The van der Waals surface area contributed by atoms with Crippen LogP contribution in [0.2, 0.25) is 0 Å². The molecule has 7 nitrogen and oxygen atoms in total. The van der Waals surface area contributed by atoms with Crippen molar-refractivity contribution in [1.29, 1.82) is 0 Å². The SMILES string of the molecule is O=C(OCC12CC3CC(CC(C3)C1)C2)c1ccccc1C(=O)OCC(F)(F)S(=O)(=O)[O-]. The van der Waals surface area contributed by atoms with Crippen molar-refractivity contribution < 1.29 is 40.8 Å². The summed E-state index contributed by atoms with van der Waals surface area (Å²) in [6, 6.07) is 5.37. The number of carbonyl (C=O) groups excluding carboxylic acids is 2. The van der Waals surface area contributed by atoms with E-state index < -0.39 is 33.9 Å². The maximum Gasteiger partial charge on any atom is 0.367 e. The minimum atomic E-state index is -5.99. The fourth-order valence-electron chi connectivity index (χ4n) is 5.90. The van der Waals surface area contributed by atoms with Gasteiger partial charge in [0.1, 0.15) is 0 Å². The molecule has 0 spiro atoms. The topological polar surface area (TPSA) is 110 Å². The summed E-state index contributed by atoms with van der Waals surface area (Å²) in [5.41, 5.74) is -0.535. The number of hydrogen-bond acceptors (Lipinski definition) is 7. The van der Waals surface area contributed by atoms with Crippen molar-refractivity contribution in [3.8, 4) is 0 Å². The molecule has 4 aliphatic carbocycles. The Bertz CT molecular complexity index is 954. The molecule has 1 aromatic carbocycles. The molecule has 170 valence electrons. The standard InChI is InChI=1S/C21H24F2O7S/c22-21(23,31(26,27)28)12-30-19(25)17-4-2-1-3-16(17)18(24)29-11-20-8-13-5-14(9-20)7-15(6-13)10-20/h1-4,13-15H,5-12H2,(H,26,27,28)/p-1. The largest absolute Gasteiger partial charge is 0.743 e. The van der Waals surface area contributed by atoms with Crippen molar-refractivity contribution in [2.24, 2.45) is 23.2 Å². The van der Waals surface area contributed by atoms with Gasteiger partial charge in [0.2, 0.25) is 0 Å². The second kappa shape index (κ2) is 7.81. The number of hydrogen-bond donors (Lipinski definition) is 0. The highest BCUT2D eigenvalue weighted by atomic mass is 32.2. The highest BCUT2D eigenvalue weighted by molar-refractivity contribution is 7.86. The van der Waals surface area contributed by atoms with E-state index in [1.54, 1.807) is 0 Å². The zero-order valence-corrected chi connectivity index (χ0v) is 17.5. The third-order valence-electron chi connectivity index (χ3n) is 6.78. The Kier molecular flexibility index (Phi) is 5.58. The molecule has 0 heterocycles. The molecule has 31 heavy (non-hydrogen) atoms. The van der Waals surface area contributed by atoms with Gasteiger partial charge in [-0.3, -0.25) is 0 Å². The van der Waals surface area contributed by atoms with Crippen LogP contribution in [-0.4, -0.2) is 43.4 Å². The summed E-state index contributed by atoms with van der Waals surface area (Å²) in [7, 11) is -5.99. The predicted molar refractivity (Wildman–Crippen MR) is 102 cm³/mol. The van der Waals surface area contributed by atoms with E-state index in [0.717, 1.165) is 19.3 Å². The van der Waals surface area contributed by atoms with Gasteiger partial charge in [-0.15, -0.1) is 0 Å². The highest BCUT2D eigenvalue weighted by Gasteiger charge is 2.51. The Morgan fingerprint density at radius 1 is 0.968 bits per heavy atom. The molecule has 5 rings (SSSR count). The predicted octanol–water partition coefficient (Wildman–Crippen LogP) is 3.35. The van der Waals surface area contributed by atoms with Gasteiger partial charge in [-0.05, 0) is 68.4 Å². The average molecular weight is 457 g/mol. The first kappa shape index (κ1) is 22.1. The molecule has 0 atom stereocenters. The molecule has 0 N–H and O–H groups in total. The van der Waals surface area contributed by atoms with E-state index in [2.05, 4.69) is 4.74 Å². The number of benzene rings is 1. The maximum atomic E-state index is 13.3. The Balaban J connectivity index is 1.42. The number of alkyl halides is 2. The zero-order chi connectivity index (χ0) is 22.4.